The van der Waals surface area contributed by atoms with Gasteiger partial charge < -0.3 is 5.32 Å². The zero-order valence-electron chi connectivity index (χ0n) is 20.2. The highest BCUT2D eigenvalue weighted by molar-refractivity contribution is 7.92. The van der Waals surface area contributed by atoms with Crippen LogP contribution in [0.1, 0.15) is 19.4 Å². The van der Waals surface area contributed by atoms with E-state index in [1.807, 2.05) is 0 Å². The second-order valence-electron chi connectivity index (χ2n) is 7.87. The number of rotatable bonds is 10. The summed E-state index contributed by atoms with van der Waals surface area (Å²) < 4.78 is 54.7. The van der Waals surface area contributed by atoms with Gasteiger partial charge in [0.15, 0.2) is 0 Å². The largest absolute Gasteiger partial charge is 0.325 e. The molecule has 0 bridgehead atoms. The molecule has 192 valence electrons. The first kappa shape index (κ1) is 27.7. The average molecular weight is 550 g/mol. The minimum absolute atomic E-state index is 0.0307. The van der Waals surface area contributed by atoms with Crippen LogP contribution < -0.4 is 9.62 Å². The van der Waals surface area contributed by atoms with E-state index in [1.54, 1.807) is 57.2 Å². The van der Waals surface area contributed by atoms with E-state index in [4.69, 9.17) is 11.6 Å². The van der Waals surface area contributed by atoms with Crippen molar-refractivity contribution in [1.82, 2.24) is 4.31 Å². The summed E-state index contributed by atoms with van der Waals surface area (Å²) in [7, 11) is -7.73. The molecule has 36 heavy (non-hydrogen) atoms. The molecule has 0 fully saturated rings. The Labute approximate surface area is 217 Å². The number of amides is 1. The van der Waals surface area contributed by atoms with Crippen molar-refractivity contribution in [2.45, 2.75) is 30.6 Å². The van der Waals surface area contributed by atoms with Gasteiger partial charge in [0.05, 0.1) is 15.5 Å². The number of hydrogen-bond donors (Lipinski definition) is 1. The van der Waals surface area contributed by atoms with Gasteiger partial charge in [-0.05, 0) is 61.0 Å². The quantitative estimate of drug-likeness (QED) is 0.400. The van der Waals surface area contributed by atoms with E-state index in [-0.39, 0.29) is 15.5 Å². The Bertz CT molecular complexity index is 1420. The second kappa shape index (κ2) is 11.4. The highest BCUT2D eigenvalue weighted by Gasteiger charge is 2.29. The van der Waals surface area contributed by atoms with Crippen molar-refractivity contribution < 1.29 is 21.6 Å². The number of sulfonamides is 2. The molecule has 0 aromatic heterocycles. The summed E-state index contributed by atoms with van der Waals surface area (Å²) >= 11 is 6.24. The molecule has 3 aromatic rings. The Balaban J connectivity index is 1.89. The minimum Gasteiger partial charge on any atom is -0.325 e. The van der Waals surface area contributed by atoms with Crippen LogP contribution in [0, 0.1) is 6.92 Å². The smallest absolute Gasteiger partial charge is 0.264 e. The number of hydrogen-bond acceptors (Lipinski definition) is 5. The van der Waals surface area contributed by atoms with Gasteiger partial charge in [0.25, 0.3) is 10.0 Å². The van der Waals surface area contributed by atoms with E-state index in [1.165, 1.54) is 40.7 Å². The van der Waals surface area contributed by atoms with Crippen LogP contribution in [0.2, 0.25) is 5.02 Å². The SMILES string of the molecule is CCN(CC)S(=O)(=O)c1ccc(NC(=O)CN(c2cccc(Cl)c2C)S(=O)(=O)c2ccccc2)cc1. The molecule has 0 aliphatic heterocycles. The normalized spacial score (nSPS) is 11.9. The molecule has 11 heteroatoms. The highest BCUT2D eigenvalue weighted by Crippen LogP contribution is 2.31. The maximum atomic E-state index is 13.5. The van der Waals surface area contributed by atoms with Crippen molar-refractivity contribution in [1.29, 1.82) is 0 Å². The second-order valence-corrected chi connectivity index (χ2v) is 12.1. The summed E-state index contributed by atoms with van der Waals surface area (Å²) in [5.74, 6) is -0.603. The molecule has 0 atom stereocenters. The van der Waals surface area contributed by atoms with Crippen molar-refractivity contribution in [3.63, 3.8) is 0 Å². The molecule has 3 rings (SSSR count). The van der Waals surface area contributed by atoms with Gasteiger partial charge in [0.1, 0.15) is 6.54 Å². The van der Waals surface area contributed by atoms with Crippen LogP contribution in [0.25, 0.3) is 0 Å². The van der Waals surface area contributed by atoms with E-state index in [0.29, 0.717) is 29.4 Å². The lowest BCUT2D eigenvalue weighted by Crippen LogP contribution is -2.38. The lowest BCUT2D eigenvalue weighted by molar-refractivity contribution is -0.114. The van der Waals surface area contributed by atoms with Gasteiger partial charge in [-0.1, -0.05) is 49.7 Å². The van der Waals surface area contributed by atoms with Gasteiger partial charge in [0, 0.05) is 23.8 Å². The molecule has 0 saturated carbocycles. The Morgan fingerprint density at radius 3 is 1.97 bits per heavy atom. The highest BCUT2D eigenvalue weighted by atomic mass is 35.5. The lowest BCUT2D eigenvalue weighted by Gasteiger charge is -2.26. The summed E-state index contributed by atoms with van der Waals surface area (Å²) in [6.45, 7) is 5.35. The van der Waals surface area contributed by atoms with Crippen molar-refractivity contribution in [3.8, 4) is 0 Å². The van der Waals surface area contributed by atoms with E-state index in [9.17, 15) is 21.6 Å². The number of benzene rings is 3. The van der Waals surface area contributed by atoms with Gasteiger partial charge in [-0.2, -0.15) is 4.31 Å². The summed E-state index contributed by atoms with van der Waals surface area (Å²) in [6.07, 6.45) is 0. The zero-order chi connectivity index (χ0) is 26.5. The Hall–Kier alpha value is -2.92. The fourth-order valence-corrected chi connectivity index (χ4v) is 6.77. The van der Waals surface area contributed by atoms with Crippen LogP contribution in [-0.2, 0) is 24.8 Å². The molecular formula is C25H28ClN3O5S2. The van der Waals surface area contributed by atoms with E-state index >= 15 is 0 Å². The number of nitrogens with one attached hydrogen (secondary N) is 1. The number of nitrogens with zero attached hydrogens (tertiary/aromatic N) is 2. The lowest BCUT2D eigenvalue weighted by atomic mass is 10.2. The van der Waals surface area contributed by atoms with Gasteiger partial charge in [0.2, 0.25) is 15.9 Å². The molecule has 8 nitrogen and oxygen atoms in total. The molecule has 0 radical (unpaired) electrons. The van der Waals surface area contributed by atoms with Crippen molar-refractivity contribution in [3.05, 3.63) is 83.4 Å². The maximum absolute atomic E-state index is 13.5. The van der Waals surface area contributed by atoms with Gasteiger partial charge >= 0.3 is 0 Å². The molecule has 0 saturated heterocycles. The fraction of sp³-hybridized carbons (Fsp3) is 0.240. The zero-order valence-corrected chi connectivity index (χ0v) is 22.6. The summed E-state index contributed by atoms with van der Waals surface area (Å²) in [5, 5.41) is 3.02. The van der Waals surface area contributed by atoms with Crippen LogP contribution in [-0.4, -0.2) is 46.7 Å². The van der Waals surface area contributed by atoms with Crippen molar-refractivity contribution >= 4 is 48.9 Å². The molecular weight excluding hydrogens is 522 g/mol. The topological polar surface area (TPSA) is 104 Å². The van der Waals surface area contributed by atoms with Crippen molar-refractivity contribution in [2.75, 3.05) is 29.3 Å². The van der Waals surface area contributed by atoms with E-state index < -0.39 is 32.5 Å². The van der Waals surface area contributed by atoms with Gasteiger partial charge in [-0.3, -0.25) is 9.10 Å². The van der Waals surface area contributed by atoms with Crippen LogP contribution in [0.3, 0.4) is 0 Å². The molecule has 0 unspecified atom stereocenters. The molecule has 3 aromatic carbocycles. The summed E-state index contributed by atoms with van der Waals surface area (Å²) in [4.78, 5) is 13.1. The van der Waals surface area contributed by atoms with Crippen LogP contribution >= 0.6 is 11.6 Å². The first-order chi connectivity index (χ1) is 17.0. The monoisotopic (exact) mass is 549 g/mol. The molecule has 0 heterocycles. The Morgan fingerprint density at radius 2 is 1.39 bits per heavy atom. The number of anilines is 2. The van der Waals surface area contributed by atoms with Gasteiger partial charge in [-0.25, -0.2) is 16.8 Å². The Morgan fingerprint density at radius 1 is 0.806 bits per heavy atom. The van der Waals surface area contributed by atoms with Crippen molar-refractivity contribution in [2.24, 2.45) is 0 Å². The third kappa shape index (κ3) is 5.89. The molecule has 0 aliphatic rings. The molecule has 0 spiro atoms. The van der Waals surface area contributed by atoms with E-state index in [0.717, 1.165) is 4.31 Å². The fourth-order valence-electron chi connectivity index (χ4n) is 3.64. The summed E-state index contributed by atoms with van der Waals surface area (Å²) in [6, 6.07) is 18.4. The van der Waals surface area contributed by atoms with E-state index in [2.05, 4.69) is 5.32 Å². The maximum Gasteiger partial charge on any atom is 0.264 e. The van der Waals surface area contributed by atoms with Gasteiger partial charge in [-0.15, -0.1) is 0 Å². The number of carbonyl (C=O) groups excluding carboxylic acids is 1. The third-order valence-electron chi connectivity index (χ3n) is 5.61. The molecule has 1 N–H and O–H groups in total. The standard InChI is InChI=1S/C25H28ClN3O5S2/c1-4-28(5-2)35(31,32)22-16-14-20(15-17-22)27-25(30)18-29(24-13-9-12-23(26)19(24)3)36(33,34)21-10-7-6-8-11-21/h6-17H,4-5,18H2,1-3H3,(H,27,30). The first-order valence-electron chi connectivity index (χ1n) is 11.2. The average Bonchev–Trinajstić information content (AvgIpc) is 2.86. The number of carbonyl (C=O) groups is 1. The van der Waals surface area contributed by atoms with Crippen LogP contribution in [0.4, 0.5) is 11.4 Å². The predicted molar refractivity (Wildman–Crippen MR) is 142 cm³/mol. The third-order valence-corrected chi connectivity index (χ3v) is 9.86. The number of halogens is 1. The summed E-state index contributed by atoms with van der Waals surface area (Å²) in [5.41, 5.74) is 1.12. The molecule has 0 aliphatic carbocycles. The predicted octanol–water partition coefficient (Wildman–Crippen LogP) is 4.51. The minimum atomic E-state index is -4.09. The molecule has 1 amide bonds. The first-order valence-corrected chi connectivity index (χ1v) is 14.5. The van der Waals surface area contributed by atoms with Crippen LogP contribution in [0.15, 0.2) is 82.6 Å². The van der Waals surface area contributed by atoms with Crippen LogP contribution in [0.5, 0.6) is 0 Å². The Kier molecular flexibility index (Phi) is 8.78.